The van der Waals surface area contributed by atoms with Crippen molar-refractivity contribution in [2.75, 3.05) is 0 Å². The molecule has 1 fully saturated rings. The number of thioether (sulfide) groups is 1. The maximum absolute atomic E-state index is 13.3. The highest BCUT2D eigenvalue weighted by atomic mass is 79.9. The quantitative estimate of drug-likeness (QED) is 0.502. The summed E-state index contributed by atoms with van der Waals surface area (Å²) in [6.45, 7) is 0. The highest BCUT2D eigenvalue weighted by molar-refractivity contribution is 9.10. The molecule has 2 atom stereocenters. The average Bonchev–Trinajstić information content (AvgIpc) is 3.00. The van der Waals surface area contributed by atoms with Crippen LogP contribution >= 0.6 is 39.3 Å². The second-order valence-corrected chi connectivity index (χ2v) is 8.95. The molecule has 0 bridgehead atoms. The van der Waals surface area contributed by atoms with Gasteiger partial charge in [-0.25, -0.2) is 5.01 Å². The van der Waals surface area contributed by atoms with Crippen LogP contribution in [0.5, 0.6) is 0 Å². The molecule has 1 N–H and O–H groups in total. The SMILES string of the molecule is O=C1NN(C(c2ccccc2)c2ccc(Br)cc2)C(=O)C1Sc1ccccc1Cl. The van der Waals surface area contributed by atoms with Crippen molar-refractivity contribution in [1.29, 1.82) is 0 Å². The third kappa shape index (κ3) is 4.20. The van der Waals surface area contributed by atoms with E-state index in [1.165, 1.54) is 16.8 Å². The molecule has 4 rings (SSSR count). The van der Waals surface area contributed by atoms with E-state index in [0.717, 1.165) is 15.6 Å². The van der Waals surface area contributed by atoms with Crippen molar-refractivity contribution in [1.82, 2.24) is 10.4 Å². The smallest absolute Gasteiger partial charge is 0.265 e. The van der Waals surface area contributed by atoms with Gasteiger partial charge in [-0.1, -0.05) is 82.1 Å². The van der Waals surface area contributed by atoms with Crippen LogP contribution in [0.25, 0.3) is 0 Å². The zero-order chi connectivity index (χ0) is 20.4. The highest BCUT2D eigenvalue weighted by Crippen LogP contribution is 2.36. The van der Waals surface area contributed by atoms with Crippen LogP contribution in [0.3, 0.4) is 0 Å². The lowest BCUT2D eigenvalue weighted by Gasteiger charge is -2.28. The van der Waals surface area contributed by atoms with Crippen LogP contribution in [0.2, 0.25) is 5.02 Å². The van der Waals surface area contributed by atoms with Gasteiger partial charge in [-0.15, -0.1) is 11.8 Å². The van der Waals surface area contributed by atoms with Gasteiger partial charge in [0, 0.05) is 9.37 Å². The number of amides is 2. The number of rotatable bonds is 5. The number of nitrogens with zero attached hydrogens (tertiary/aromatic N) is 1. The molecule has 0 aliphatic carbocycles. The molecule has 1 aliphatic heterocycles. The van der Waals surface area contributed by atoms with Crippen molar-refractivity contribution < 1.29 is 9.59 Å². The zero-order valence-corrected chi connectivity index (χ0v) is 18.2. The lowest BCUT2D eigenvalue weighted by Crippen LogP contribution is -2.39. The Kier molecular flexibility index (Phi) is 5.94. The van der Waals surface area contributed by atoms with Gasteiger partial charge in [-0.2, -0.15) is 0 Å². The molecule has 3 aromatic carbocycles. The summed E-state index contributed by atoms with van der Waals surface area (Å²) in [5.41, 5.74) is 4.58. The van der Waals surface area contributed by atoms with Crippen molar-refractivity contribution in [3.8, 4) is 0 Å². The second-order valence-electron chi connectivity index (χ2n) is 6.48. The topological polar surface area (TPSA) is 49.4 Å². The van der Waals surface area contributed by atoms with E-state index in [-0.39, 0.29) is 11.8 Å². The molecule has 0 aromatic heterocycles. The molecule has 3 aromatic rings. The molecule has 146 valence electrons. The minimum atomic E-state index is -0.892. The van der Waals surface area contributed by atoms with Crippen molar-refractivity contribution >= 4 is 51.1 Å². The number of hydrazine groups is 1. The van der Waals surface area contributed by atoms with Crippen molar-refractivity contribution in [2.24, 2.45) is 0 Å². The van der Waals surface area contributed by atoms with Crippen molar-refractivity contribution in [3.63, 3.8) is 0 Å². The van der Waals surface area contributed by atoms with Gasteiger partial charge in [0.1, 0.15) is 6.04 Å². The molecular formula is C22H16BrClN2O2S. The van der Waals surface area contributed by atoms with Gasteiger partial charge in [-0.3, -0.25) is 15.0 Å². The van der Waals surface area contributed by atoms with Gasteiger partial charge >= 0.3 is 0 Å². The minimum absolute atomic E-state index is 0.295. The van der Waals surface area contributed by atoms with Crippen LogP contribution < -0.4 is 5.43 Å². The molecule has 29 heavy (non-hydrogen) atoms. The number of hydrogen-bond donors (Lipinski definition) is 1. The first-order chi connectivity index (χ1) is 14.0. The number of hydrogen-bond acceptors (Lipinski definition) is 3. The Labute approximate surface area is 186 Å². The summed E-state index contributed by atoms with van der Waals surface area (Å²) in [7, 11) is 0. The van der Waals surface area contributed by atoms with Gasteiger partial charge in [0.15, 0.2) is 5.25 Å². The normalized spacial score (nSPS) is 17.3. The van der Waals surface area contributed by atoms with E-state index in [2.05, 4.69) is 21.4 Å². The van der Waals surface area contributed by atoms with Gasteiger partial charge < -0.3 is 0 Å². The largest absolute Gasteiger partial charge is 0.271 e. The van der Waals surface area contributed by atoms with Crippen LogP contribution in [0.15, 0.2) is 88.2 Å². The average molecular weight is 488 g/mol. The van der Waals surface area contributed by atoms with E-state index in [0.29, 0.717) is 9.92 Å². The van der Waals surface area contributed by atoms with E-state index in [9.17, 15) is 9.59 Å². The molecule has 2 amide bonds. The molecule has 0 saturated carbocycles. The first-order valence-electron chi connectivity index (χ1n) is 8.90. The summed E-state index contributed by atoms with van der Waals surface area (Å²) in [5, 5.41) is 1.05. The van der Waals surface area contributed by atoms with E-state index >= 15 is 0 Å². The molecule has 1 saturated heterocycles. The van der Waals surface area contributed by atoms with Crippen LogP contribution in [-0.4, -0.2) is 22.1 Å². The zero-order valence-electron chi connectivity index (χ0n) is 15.1. The Balaban J connectivity index is 1.68. The maximum Gasteiger partial charge on any atom is 0.265 e. The van der Waals surface area contributed by atoms with Gasteiger partial charge in [0.25, 0.3) is 11.8 Å². The predicted octanol–water partition coefficient (Wildman–Crippen LogP) is 5.23. The van der Waals surface area contributed by atoms with E-state index in [4.69, 9.17) is 11.6 Å². The Morgan fingerprint density at radius 1 is 0.897 bits per heavy atom. The summed E-state index contributed by atoms with van der Waals surface area (Å²) in [6, 6.07) is 24.1. The predicted molar refractivity (Wildman–Crippen MR) is 119 cm³/mol. The molecule has 1 heterocycles. The number of nitrogens with one attached hydrogen (secondary N) is 1. The van der Waals surface area contributed by atoms with Crippen LogP contribution in [-0.2, 0) is 9.59 Å². The number of halogens is 2. The van der Waals surface area contributed by atoms with E-state index in [1.54, 1.807) is 12.1 Å². The Morgan fingerprint density at radius 3 is 2.21 bits per heavy atom. The lowest BCUT2D eigenvalue weighted by atomic mass is 9.98. The lowest BCUT2D eigenvalue weighted by molar-refractivity contribution is -0.131. The third-order valence-electron chi connectivity index (χ3n) is 4.57. The molecule has 0 spiro atoms. The molecule has 4 nitrogen and oxygen atoms in total. The minimum Gasteiger partial charge on any atom is -0.271 e. The molecule has 0 radical (unpaired) electrons. The fraction of sp³-hybridized carbons (Fsp3) is 0.0909. The Bertz CT molecular complexity index is 1050. The standard InChI is InChI=1S/C22H16BrClN2O2S/c23-16-12-10-15(11-13-16)19(14-6-2-1-3-7-14)26-22(28)20(21(27)25-26)29-18-9-5-4-8-17(18)24/h1-13,19-20H,(H,25,27). The monoisotopic (exact) mass is 486 g/mol. The Hall–Kier alpha value is -2.28. The fourth-order valence-corrected chi connectivity index (χ4v) is 4.70. The summed E-state index contributed by atoms with van der Waals surface area (Å²) in [5.74, 6) is -0.644. The van der Waals surface area contributed by atoms with E-state index < -0.39 is 11.3 Å². The van der Waals surface area contributed by atoms with Gasteiger partial charge in [0.05, 0.1) is 5.02 Å². The summed E-state index contributed by atoms with van der Waals surface area (Å²) in [6.07, 6.45) is 0. The number of carbonyl (C=O) groups excluding carboxylic acids is 2. The van der Waals surface area contributed by atoms with Gasteiger partial charge in [0.2, 0.25) is 0 Å². The number of benzene rings is 3. The van der Waals surface area contributed by atoms with Crippen molar-refractivity contribution in [3.05, 3.63) is 99.5 Å². The maximum atomic E-state index is 13.3. The fourth-order valence-electron chi connectivity index (χ4n) is 3.20. The van der Waals surface area contributed by atoms with Gasteiger partial charge in [-0.05, 0) is 35.4 Å². The van der Waals surface area contributed by atoms with Crippen LogP contribution in [0, 0.1) is 0 Å². The van der Waals surface area contributed by atoms with Crippen LogP contribution in [0.4, 0.5) is 0 Å². The Morgan fingerprint density at radius 2 is 1.52 bits per heavy atom. The summed E-state index contributed by atoms with van der Waals surface area (Å²) in [4.78, 5) is 26.6. The third-order valence-corrected chi connectivity index (χ3v) is 6.80. The summed E-state index contributed by atoms with van der Waals surface area (Å²) < 4.78 is 0.942. The number of carbonyl (C=O) groups is 2. The van der Waals surface area contributed by atoms with E-state index in [1.807, 2.05) is 66.7 Å². The second kappa shape index (κ2) is 8.61. The summed E-state index contributed by atoms with van der Waals surface area (Å²) >= 11 is 10.8. The molecule has 1 aliphatic rings. The van der Waals surface area contributed by atoms with Crippen LogP contribution in [0.1, 0.15) is 17.2 Å². The van der Waals surface area contributed by atoms with Crippen molar-refractivity contribution in [2.45, 2.75) is 16.2 Å². The molecular weight excluding hydrogens is 472 g/mol. The first kappa shape index (κ1) is 20.0. The molecule has 2 unspecified atom stereocenters. The highest BCUT2D eigenvalue weighted by Gasteiger charge is 2.44. The molecule has 7 heteroatoms. The first-order valence-corrected chi connectivity index (χ1v) is 10.9.